The van der Waals surface area contributed by atoms with Crippen LogP contribution in [0.2, 0.25) is 0 Å². The SMILES string of the molecule is CCN(CC)C(=O)Cn1cc(CNCC(C)C)nn1. The van der Waals surface area contributed by atoms with E-state index in [1.54, 1.807) is 9.58 Å². The smallest absolute Gasteiger partial charge is 0.244 e. The zero-order chi connectivity index (χ0) is 14.3. The van der Waals surface area contributed by atoms with Crippen molar-refractivity contribution in [3.63, 3.8) is 0 Å². The van der Waals surface area contributed by atoms with Crippen LogP contribution in [-0.2, 0) is 17.9 Å². The second-order valence-corrected chi connectivity index (χ2v) is 5.00. The molecule has 6 nitrogen and oxygen atoms in total. The molecular weight excluding hydrogens is 242 g/mol. The van der Waals surface area contributed by atoms with Gasteiger partial charge in [0, 0.05) is 19.6 Å². The fraction of sp³-hybridized carbons (Fsp3) is 0.769. The Morgan fingerprint density at radius 2 is 2.11 bits per heavy atom. The summed E-state index contributed by atoms with van der Waals surface area (Å²) in [7, 11) is 0. The molecule has 0 unspecified atom stereocenters. The molecule has 19 heavy (non-hydrogen) atoms. The van der Waals surface area contributed by atoms with Crippen molar-refractivity contribution in [3.8, 4) is 0 Å². The van der Waals surface area contributed by atoms with Crippen LogP contribution in [0.3, 0.4) is 0 Å². The third-order valence-corrected chi connectivity index (χ3v) is 2.86. The molecule has 1 aromatic heterocycles. The van der Waals surface area contributed by atoms with Crippen LogP contribution in [0.15, 0.2) is 6.20 Å². The van der Waals surface area contributed by atoms with Crippen LogP contribution in [0.1, 0.15) is 33.4 Å². The van der Waals surface area contributed by atoms with Crippen LogP contribution in [0.25, 0.3) is 0 Å². The van der Waals surface area contributed by atoms with E-state index in [1.165, 1.54) is 0 Å². The molecule has 0 bridgehead atoms. The third-order valence-electron chi connectivity index (χ3n) is 2.86. The van der Waals surface area contributed by atoms with E-state index in [2.05, 4.69) is 29.5 Å². The zero-order valence-corrected chi connectivity index (χ0v) is 12.4. The van der Waals surface area contributed by atoms with E-state index in [0.717, 1.165) is 25.3 Å². The second kappa shape index (κ2) is 7.89. The van der Waals surface area contributed by atoms with Crippen molar-refractivity contribution in [2.24, 2.45) is 5.92 Å². The summed E-state index contributed by atoms with van der Waals surface area (Å²) in [6.45, 7) is 11.6. The van der Waals surface area contributed by atoms with E-state index in [1.807, 2.05) is 20.0 Å². The van der Waals surface area contributed by atoms with Gasteiger partial charge >= 0.3 is 0 Å². The van der Waals surface area contributed by atoms with Crippen molar-refractivity contribution in [2.45, 2.75) is 40.8 Å². The molecule has 1 rings (SSSR count). The fourth-order valence-electron chi connectivity index (χ4n) is 1.80. The molecule has 1 amide bonds. The minimum Gasteiger partial charge on any atom is -0.342 e. The van der Waals surface area contributed by atoms with E-state index >= 15 is 0 Å². The van der Waals surface area contributed by atoms with Gasteiger partial charge < -0.3 is 10.2 Å². The van der Waals surface area contributed by atoms with Gasteiger partial charge in [-0.3, -0.25) is 4.79 Å². The number of aromatic nitrogens is 3. The summed E-state index contributed by atoms with van der Waals surface area (Å²) in [5.41, 5.74) is 0.869. The van der Waals surface area contributed by atoms with Crippen LogP contribution >= 0.6 is 0 Å². The first-order valence-electron chi connectivity index (χ1n) is 6.94. The standard InChI is InChI=1S/C13H25N5O/c1-5-17(6-2)13(19)10-18-9-12(15-16-18)8-14-7-11(3)4/h9,11,14H,5-8,10H2,1-4H3. The molecule has 0 aliphatic carbocycles. The summed E-state index contributed by atoms with van der Waals surface area (Å²) in [5, 5.41) is 11.3. The lowest BCUT2D eigenvalue weighted by Gasteiger charge is -2.17. The van der Waals surface area contributed by atoms with Crippen LogP contribution in [0, 0.1) is 5.92 Å². The minimum atomic E-state index is 0.0802. The summed E-state index contributed by atoms with van der Waals surface area (Å²) in [5.74, 6) is 0.691. The highest BCUT2D eigenvalue weighted by atomic mass is 16.2. The average Bonchev–Trinajstić information content (AvgIpc) is 2.78. The fourth-order valence-corrected chi connectivity index (χ4v) is 1.80. The Bertz CT molecular complexity index is 384. The summed E-state index contributed by atoms with van der Waals surface area (Å²) in [6, 6.07) is 0. The molecule has 6 heteroatoms. The molecule has 0 saturated heterocycles. The molecule has 0 aliphatic heterocycles. The highest BCUT2D eigenvalue weighted by Gasteiger charge is 2.11. The van der Waals surface area contributed by atoms with Gasteiger partial charge in [0.2, 0.25) is 5.91 Å². The van der Waals surface area contributed by atoms with E-state index in [9.17, 15) is 4.79 Å². The maximum absolute atomic E-state index is 11.9. The molecule has 108 valence electrons. The van der Waals surface area contributed by atoms with Crippen molar-refractivity contribution >= 4 is 5.91 Å². The van der Waals surface area contributed by atoms with Gasteiger partial charge in [0.05, 0.1) is 11.9 Å². The second-order valence-electron chi connectivity index (χ2n) is 5.00. The summed E-state index contributed by atoms with van der Waals surface area (Å²) in [6.07, 6.45) is 1.83. The van der Waals surface area contributed by atoms with Crippen molar-refractivity contribution in [3.05, 3.63) is 11.9 Å². The molecule has 1 heterocycles. The summed E-state index contributed by atoms with van der Waals surface area (Å²) < 4.78 is 1.60. The Balaban J connectivity index is 2.44. The molecule has 1 aromatic rings. The van der Waals surface area contributed by atoms with E-state index < -0.39 is 0 Å². The Morgan fingerprint density at radius 3 is 2.68 bits per heavy atom. The topological polar surface area (TPSA) is 63.1 Å². The summed E-state index contributed by atoms with van der Waals surface area (Å²) >= 11 is 0. The average molecular weight is 267 g/mol. The number of hydrogen-bond acceptors (Lipinski definition) is 4. The maximum atomic E-state index is 11.9. The number of nitrogens with zero attached hydrogens (tertiary/aromatic N) is 4. The Kier molecular flexibility index (Phi) is 6.49. The highest BCUT2D eigenvalue weighted by Crippen LogP contribution is 1.97. The van der Waals surface area contributed by atoms with Gasteiger partial charge in [0.1, 0.15) is 6.54 Å². The molecule has 0 atom stereocenters. The first-order valence-corrected chi connectivity index (χ1v) is 6.94. The first kappa shape index (κ1) is 15.6. The van der Waals surface area contributed by atoms with Gasteiger partial charge in [-0.1, -0.05) is 19.1 Å². The van der Waals surface area contributed by atoms with E-state index in [4.69, 9.17) is 0 Å². The van der Waals surface area contributed by atoms with Crippen molar-refractivity contribution in [1.29, 1.82) is 0 Å². The predicted molar refractivity (Wildman–Crippen MR) is 74.5 cm³/mol. The van der Waals surface area contributed by atoms with Crippen LogP contribution in [0.4, 0.5) is 0 Å². The number of amides is 1. The molecule has 0 aromatic carbocycles. The summed E-state index contributed by atoms with van der Waals surface area (Å²) in [4.78, 5) is 13.7. The number of hydrogen-bond donors (Lipinski definition) is 1. The Morgan fingerprint density at radius 1 is 1.42 bits per heavy atom. The number of carbonyl (C=O) groups is 1. The van der Waals surface area contributed by atoms with Crippen molar-refractivity contribution in [1.82, 2.24) is 25.2 Å². The van der Waals surface area contributed by atoms with Crippen molar-refractivity contribution < 1.29 is 4.79 Å². The largest absolute Gasteiger partial charge is 0.342 e. The Labute approximate surface area is 115 Å². The molecule has 0 aliphatic rings. The normalized spacial score (nSPS) is 11.0. The van der Waals surface area contributed by atoms with Crippen LogP contribution in [-0.4, -0.2) is 45.4 Å². The molecular formula is C13H25N5O. The predicted octanol–water partition coefficient (Wildman–Crippen LogP) is 0.892. The number of nitrogens with one attached hydrogen (secondary N) is 1. The third kappa shape index (κ3) is 5.38. The zero-order valence-electron chi connectivity index (χ0n) is 12.4. The van der Waals surface area contributed by atoms with Gasteiger partial charge in [0.15, 0.2) is 0 Å². The van der Waals surface area contributed by atoms with Gasteiger partial charge in [-0.15, -0.1) is 5.10 Å². The lowest BCUT2D eigenvalue weighted by Crippen LogP contribution is -2.33. The first-order chi connectivity index (χ1) is 9.06. The lowest BCUT2D eigenvalue weighted by atomic mass is 10.2. The van der Waals surface area contributed by atoms with E-state index in [-0.39, 0.29) is 12.5 Å². The number of rotatable bonds is 8. The van der Waals surface area contributed by atoms with E-state index in [0.29, 0.717) is 12.5 Å². The molecule has 0 saturated carbocycles. The monoisotopic (exact) mass is 267 g/mol. The molecule has 0 fully saturated rings. The minimum absolute atomic E-state index is 0.0802. The Hall–Kier alpha value is -1.43. The van der Waals surface area contributed by atoms with Gasteiger partial charge in [0.25, 0.3) is 0 Å². The number of likely N-dealkylation sites (N-methyl/N-ethyl adjacent to an activating group) is 1. The highest BCUT2D eigenvalue weighted by molar-refractivity contribution is 5.75. The van der Waals surface area contributed by atoms with Crippen LogP contribution < -0.4 is 5.32 Å². The molecule has 0 spiro atoms. The lowest BCUT2D eigenvalue weighted by molar-refractivity contribution is -0.131. The van der Waals surface area contributed by atoms with Crippen molar-refractivity contribution in [2.75, 3.05) is 19.6 Å². The van der Waals surface area contributed by atoms with Crippen LogP contribution in [0.5, 0.6) is 0 Å². The van der Waals surface area contributed by atoms with Gasteiger partial charge in [-0.05, 0) is 26.3 Å². The molecule has 1 N–H and O–H groups in total. The quantitative estimate of drug-likeness (QED) is 0.760. The van der Waals surface area contributed by atoms with Gasteiger partial charge in [-0.25, -0.2) is 4.68 Å². The van der Waals surface area contributed by atoms with Gasteiger partial charge in [-0.2, -0.15) is 0 Å². The number of carbonyl (C=O) groups excluding carboxylic acids is 1. The maximum Gasteiger partial charge on any atom is 0.244 e. The molecule has 0 radical (unpaired) electrons.